The number of nitrogens with one attached hydrogen (secondary N) is 1. The molecule has 2 aromatic carbocycles. The fourth-order valence-corrected chi connectivity index (χ4v) is 3.43. The Morgan fingerprint density at radius 2 is 1.62 bits per heavy atom. The van der Waals surface area contributed by atoms with E-state index in [1.807, 2.05) is 78.3 Å². The van der Waals surface area contributed by atoms with E-state index in [1.54, 1.807) is 12.1 Å². The van der Waals surface area contributed by atoms with Gasteiger partial charge in [-0.2, -0.15) is 0 Å². The monoisotopic (exact) mass is 423 g/mol. The minimum atomic E-state index is -0.133. The van der Waals surface area contributed by atoms with Gasteiger partial charge >= 0.3 is 0 Å². The van der Waals surface area contributed by atoms with E-state index in [1.165, 1.54) is 5.56 Å². The van der Waals surface area contributed by atoms with Crippen LogP contribution in [-0.2, 0) is 6.42 Å². The Labute approximate surface area is 184 Å². The van der Waals surface area contributed by atoms with Gasteiger partial charge < -0.3 is 14.1 Å². The lowest BCUT2D eigenvalue weighted by atomic mass is 10.1. The Morgan fingerprint density at radius 3 is 2.31 bits per heavy atom. The molecule has 0 aliphatic heterocycles. The lowest BCUT2D eigenvalue weighted by Gasteiger charge is -2.04. The Bertz CT molecular complexity index is 1330. The van der Waals surface area contributed by atoms with Gasteiger partial charge in [-0.15, -0.1) is 10.2 Å². The highest BCUT2D eigenvalue weighted by Gasteiger charge is 2.12. The third-order valence-electron chi connectivity index (χ3n) is 5.20. The van der Waals surface area contributed by atoms with E-state index in [0.717, 1.165) is 22.5 Å². The van der Waals surface area contributed by atoms with Crippen LogP contribution in [0.15, 0.2) is 83.5 Å². The maximum Gasteiger partial charge on any atom is 0.251 e. The molecule has 0 bridgehead atoms. The lowest BCUT2D eigenvalue weighted by molar-refractivity contribution is 0.0954. The van der Waals surface area contributed by atoms with Gasteiger partial charge in [-0.1, -0.05) is 23.8 Å². The van der Waals surface area contributed by atoms with Crippen molar-refractivity contribution in [1.29, 1.82) is 0 Å². The molecule has 0 aliphatic carbocycles. The SMILES string of the molecule is Cc1ccc(-c2nnc(-c3ccc(C(=O)NCCc4cn5ccccc5n4)cc3)o2)cc1. The average Bonchev–Trinajstić information content (AvgIpc) is 3.47. The normalized spacial score (nSPS) is 11.0. The fourth-order valence-electron chi connectivity index (χ4n) is 3.43. The number of aromatic nitrogens is 4. The first-order chi connectivity index (χ1) is 15.7. The van der Waals surface area contributed by atoms with Gasteiger partial charge in [-0.05, 0) is 55.5 Å². The second kappa shape index (κ2) is 8.47. The van der Waals surface area contributed by atoms with Crippen molar-refractivity contribution in [2.45, 2.75) is 13.3 Å². The third-order valence-corrected chi connectivity index (χ3v) is 5.20. The zero-order chi connectivity index (χ0) is 21.9. The van der Waals surface area contributed by atoms with Gasteiger partial charge in [0.15, 0.2) is 0 Å². The summed E-state index contributed by atoms with van der Waals surface area (Å²) in [6, 6.07) is 20.9. The molecule has 7 heteroatoms. The van der Waals surface area contributed by atoms with Crippen LogP contribution in [0.3, 0.4) is 0 Å². The Balaban J connectivity index is 1.20. The molecule has 1 amide bonds. The number of hydrogen-bond acceptors (Lipinski definition) is 5. The Kier molecular flexibility index (Phi) is 5.21. The quantitative estimate of drug-likeness (QED) is 0.439. The van der Waals surface area contributed by atoms with Gasteiger partial charge in [0.2, 0.25) is 11.8 Å². The van der Waals surface area contributed by atoms with Crippen LogP contribution >= 0.6 is 0 Å². The third kappa shape index (κ3) is 4.13. The van der Waals surface area contributed by atoms with Gasteiger partial charge in [0.1, 0.15) is 5.65 Å². The zero-order valence-corrected chi connectivity index (χ0v) is 17.5. The molecule has 5 rings (SSSR count). The average molecular weight is 423 g/mol. The number of nitrogens with zero attached hydrogens (tertiary/aromatic N) is 4. The number of amides is 1. The van der Waals surface area contributed by atoms with E-state index in [4.69, 9.17) is 4.42 Å². The van der Waals surface area contributed by atoms with Gasteiger partial charge in [-0.25, -0.2) is 4.98 Å². The summed E-state index contributed by atoms with van der Waals surface area (Å²) >= 11 is 0. The summed E-state index contributed by atoms with van der Waals surface area (Å²) in [6.07, 6.45) is 4.60. The maximum absolute atomic E-state index is 12.5. The molecular formula is C25H21N5O2. The summed E-state index contributed by atoms with van der Waals surface area (Å²) in [5.41, 5.74) is 5.21. The number of pyridine rings is 1. The highest BCUT2D eigenvalue weighted by Crippen LogP contribution is 2.24. The number of imidazole rings is 1. The minimum Gasteiger partial charge on any atom is -0.416 e. The molecule has 3 aromatic heterocycles. The van der Waals surface area contributed by atoms with Crippen molar-refractivity contribution in [2.75, 3.05) is 6.54 Å². The topological polar surface area (TPSA) is 85.3 Å². The van der Waals surface area contributed by atoms with Gasteiger partial charge in [0, 0.05) is 42.0 Å². The number of aryl methyl sites for hydroxylation is 1. The molecule has 0 atom stereocenters. The van der Waals surface area contributed by atoms with E-state index in [-0.39, 0.29) is 5.91 Å². The molecule has 0 saturated heterocycles. The molecule has 0 radical (unpaired) electrons. The highest BCUT2D eigenvalue weighted by atomic mass is 16.4. The number of benzene rings is 2. The van der Waals surface area contributed by atoms with Crippen LogP contribution in [0.4, 0.5) is 0 Å². The molecule has 5 aromatic rings. The van der Waals surface area contributed by atoms with Crippen LogP contribution in [0, 0.1) is 6.92 Å². The van der Waals surface area contributed by atoms with Gasteiger partial charge in [0.25, 0.3) is 5.91 Å². The molecule has 0 aliphatic rings. The number of carbonyl (C=O) groups excluding carboxylic acids is 1. The van der Waals surface area contributed by atoms with Crippen LogP contribution in [0.1, 0.15) is 21.6 Å². The summed E-state index contributed by atoms with van der Waals surface area (Å²) in [7, 11) is 0. The standard InChI is InChI=1S/C25H21N5O2/c1-17-5-7-19(8-6-17)24-28-29-25(32-24)20-11-9-18(10-12-20)23(31)26-14-13-21-16-30-15-3-2-4-22(30)27-21/h2-12,15-16H,13-14H2,1H3,(H,26,31). The first-order valence-electron chi connectivity index (χ1n) is 10.4. The number of carbonyl (C=O) groups is 1. The lowest BCUT2D eigenvalue weighted by Crippen LogP contribution is -2.25. The van der Waals surface area contributed by atoms with Crippen LogP contribution in [0.25, 0.3) is 28.6 Å². The van der Waals surface area contributed by atoms with E-state index < -0.39 is 0 Å². The predicted molar refractivity (Wildman–Crippen MR) is 121 cm³/mol. The molecule has 0 fully saturated rings. The Morgan fingerprint density at radius 1 is 0.938 bits per heavy atom. The maximum atomic E-state index is 12.5. The first-order valence-corrected chi connectivity index (χ1v) is 10.4. The predicted octanol–water partition coefficient (Wildman–Crippen LogP) is 4.33. The van der Waals surface area contributed by atoms with E-state index >= 15 is 0 Å². The zero-order valence-electron chi connectivity index (χ0n) is 17.5. The molecule has 158 valence electrons. The van der Waals surface area contributed by atoms with Crippen molar-refractivity contribution in [3.63, 3.8) is 0 Å². The molecule has 1 N–H and O–H groups in total. The van der Waals surface area contributed by atoms with Crippen LogP contribution < -0.4 is 5.32 Å². The highest BCUT2D eigenvalue weighted by molar-refractivity contribution is 5.94. The smallest absolute Gasteiger partial charge is 0.251 e. The minimum absolute atomic E-state index is 0.133. The Hall–Kier alpha value is -4.26. The summed E-state index contributed by atoms with van der Waals surface area (Å²) in [4.78, 5) is 17.0. The molecule has 0 saturated carbocycles. The number of fused-ring (bicyclic) bond motifs is 1. The van der Waals surface area contributed by atoms with Crippen molar-refractivity contribution in [2.24, 2.45) is 0 Å². The molecular weight excluding hydrogens is 402 g/mol. The second-order valence-corrected chi connectivity index (χ2v) is 7.56. The summed E-state index contributed by atoms with van der Waals surface area (Å²) in [5, 5.41) is 11.2. The fraction of sp³-hybridized carbons (Fsp3) is 0.120. The van der Waals surface area contributed by atoms with Gasteiger partial charge in [0.05, 0.1) is 5.69 Å². The first kappa shape index (κ1) is 19.7. The molecule has 0 spiro atoms. The molecule has 7 nitrogen and oxygen atoms in total. The largest absolute Gasteiger partial charge is 0.416 e. The van der Waals surface area contributed by atoms with Crippen LogP contribution in [0.2, 0.25) is 0 Å². The van der Waals surface area contributed by atoms with Crippen molar-refractivity contribution in [3.05, 3.63) is 95.9 Å². The van der Waals surface area contributed by atoms with Crippen LogP contribution in [0.5, 0.6) is 0 Å². The van der Waals surface area contributed by atoms with Crippen molar-refractivity contribution in [1.82, 2.24) is 24.9 Å². The molecule has 0 unspecified atom stereocenters. The van der Waals surface area contributed by atoms with Crippen molar-refractivity contribution < 1.29 is 9.21 Å². The molecule has 3 heterocycles. The summed E-state index contributed by atoms with van der Waals surface area (Å²) in [6.45, 7) is 2.54. The molecule has 32 heavy (non-hydrogen) atoms. The second-order valence-electron chi connectivity index (χ2n) is 7.56. The van der Waals surface area contributed by atoms with E-state index in [2.05, 4.69) is 20.5 Å². The summed E-state index contributed by atoms with van der Waals surface area (Å²) in [5.74, 6) is 0.749. The van der Waals surface area contributed by atoms with E-state index in [0.29, 0.717) is 30.3 Å². The van der Waals surface area contributed by atoms with Crippen molar-refractivity contribution >= 4 is 11.6 Å². The van der Waals surface area contributed by atoms with Gasteiger partial charge in [-0.3, -0.25) is 4.79 Å². The van der Waals surface area contributed by atoms with Crippen LogP contribution in [-0.4, -0.2) is 32.0 Å². The summed E-state index contributed by atoms with van der Waals surface area (Å²) < 4.78 is 7.77. The van der Waals surface area contributed by atoms with E-state index in [9.17, 15) is 4.79 Å². The number of hydrogen-bond donors (Lipinski definition) is 1. The number of rotatable bonds is 6. The van der Waals surface area contributed by atoms with Crippen molar-refractivity contribution in [3.8, 4) is 22.9 Å².